The van der Waals surface area contributed by atoms with E-state index in [1.807, 2.05) is 0 Å². The maximum absolute atomic E-state index is 13.5. The molecule has 0 saturated heterocycles. The number of ether oxygens (including phenoxy) is 2. The highest BCUT2D eigenvalue weighted by molar-refractivity contribution is 6.31. The molecule has 2 aromatic carbocycles. The van der Waals surface area contributed by atoms with Crippen molar-refractivity contribution in [1.82, 2.24) is 15.3 Å². The molecule has 1 amide bonds. The number of aromatic nitrogens is 2. The van der Waals surface area contributed by atoms with Crippen LogP contribution in [0.3, 0.4) is 0 Å². The van der Waals surface area contributed by atoms with Crippen LogP contribution in [0.5, 0.6) is 5.88 Å². The van der Waals surface area contributed by atoms with Crippen LogP contribution in [0, 0.1) is 0 Å². The van der Waals surface area contributed by atoms with Gasteiger partial charge in [0, 0.05) is 21.2 Å². The van der Waals surface area contributed by atoms with Crippen LogP contribution in [-0.4, -0.2) is 44.9 Å². The van der Waals surface area contributed by atoms with E-state index < -0.39 is 29.8 Å². The van der Waals surface area contributed by atoms with Gasteiger partial charge in [-0.1, -0.05) is 60.3 Å². The van der Waals surface area contributed by atoms with Gasteiger partial charge in [0.05, 0.1) is 17.8 Å². The van der Waals surface area contributed by atoms with E-state index in [-0.39, 0.29) is 11.6 Å². The van der Waals surface area contributed by atoms with E-state index in [2.05, 4.69) is 15.3 Å². The number of halogens is 2. The van der Waals surface area contributed by atoms with Crippen molar-refractivity contribution in [2.45, 2.75) is 64.2 Å². The van der Waals surface area contributed by atoms with E-state index >= 15 is 0 Å². The van der Waals surface area contributed by atoms with Crippen molar-refractivity contribution in [3.8, 4) is 28.4 Å². The SMILES string of the molecule is CC(C)(C)OC(=O)Oc1nc(-c2ccc(Cl)cc2)c(-c2ccc(Cl)cc2)nc1C(=O)N[C@@H]1CCCC[C@@H]1O. The zero-order valence-electron chi connectivity index (χ0n) is 21.3. The van der Waals surface area contributed by atoms with E-state index in [0.29, 0.717) is 45.4 Å². The lowest BCUT2D eigenvalue weighted by Crippen LogP contribution is -2.45. The van der Waals surface area contributed by atoms with Gasteiger partial charge in [0.15, 0.2) is 5.69 Å². The van der Waals surface area contributed by atoms with Gasteiger partial charge >= 0.3 is 6.16 Å². The number of aliphatic hydroxyl groups excluding tert-OH is 1. The van der Waals surface area contributed by atoms with Crippen LogP contribution in [0.2, 0.25) is 10.0 Å². The molecule has 3 aromatic rings. The lowest BCUT2D eigenvalue weighted by atomic mass is 9.92. The summed E-state index contributed by atoms with van der Waals surface area (Å²) < 4.78 is 10.7. The predicted molar refractivity (Wildman–Crippen MR) is 146 cm³/mol. The van der Waals surface area contributed by atoms with Crippen LogP contribution in [-0.2, 0) is 4.74 Å². The first-order valence-corrected chi connectivity index (χ1v) is 13.1. The molecule has 1 aliphatic rings. The Morgan fingerprint density at radius 1 is 0.895 bits per heavy atom. The van der Waals surface area contributed by atoms with E-state index in [0.717, 1.165) is 12.8 Å². The Morgan fingerprint density at radius 3 is 1.95 bits per heavy atom. The van der Waals surface area contributed by atoms with E-state index in [1.165, 1.54) is 0 Å². The second-order valence-electron chi connectivity index (χ2n) is 10.1. The molecule has 10 heteroatoms. The molecule has 200 valence electrons. The minimum absolute atomic E-state index is 0.212. The molecule has 1 aliphatic carbocycles. The highest BCUT2D eigenvalue weighted by Crippen LogP contribution is 2.34. The smallest absolute Gasteiger partial charge is 0.428 e. The van der Waals surface area contributed by atoms with Crippen molar-refractivity contribution in [1.29, 1.82) is 0 Å². The number of rotatable bonds is 5. The fourth-order valence-electron chi connectivity index (χ4n) is 4.12. The van der Waals surface area contributed by atoms with Gasteiger partial charge in [0.2, 0.25) is 0 Å². The Morgan fingerprint density at radius 2 is 1.42 bits per heavy atom. The molecule has 0 bridgehead atoms. The summed E-state index contributed by atoms with van der Waals surface area (Å²) in [6.07, 6.45) is 1.26. The molecule has 2 atom stereocenters. The zero-order valence-corrected chi connectivity index (χ0v) is 22.8. The van der Waals surface area contributed by atoms with Gasteiger partial charge in [-0.2, -0.15) is 0 Å². The summed E-state index contributed by atoms with van der Waals surface area (Å²) >= 11 is 12.2. The first kappa shape index (κ1) is 27.8. The molecule has 4 rings (SSSR count). The molecule has 0 unspecified atom stereocenters. The van der Waals surface area contributed by atoms with Gasteiger partial charge in [-0.3, -0.25) is 4.79 Å². The average Bonchev–Trinajstić information content (AvgIpc) is 2.85. The van der Waals surface area contributed by atoms with Crippen molar-refractivity contribution in [2.75, 3.05) is 0 Å². The molecule has 8 nitrogen and oxygen atoms in total. The first-order valence-electron chi connectivity index (χ1n) is 12.3. The molecule has 0 radical (unpaired) electrons. The van der Waals surface area contributed by atoms with Crippen molar-refractivity contribution >= 4 is 35.3 Å². The van der Waals surface area contributed by atoms with Crippen LogP contribution >= 0.6 is 23.2 Å². The Balaban J connectivity index is 1.84. The molecular weight excluding hydrogens is 529 g/mol. The molecule has 1 aromatic heterocycles. The monoisotopic (exact) mass is 557 g/mol. The Labute approximate surface area is 231 Å². The molecule has 1 heterocycles. The third-order valence-electron chi connectivity index (χ3n) is 5.93. The summed E-state index contributed by atoms with van der Waals surface area (Å²) in [5, 5.41) is 14.3. The number of nitrogens with one attached hydrogen (secondary N) is 1. The Hall–Kier alpha value is -3.20. The zero-order chi connectivity index (χ0) is 27.4. The summed E-state index contributed by atoms with van der Waals surface area (Å²) in [5.74, 6) is -0.940. The van der Waals surface area contributed by atoms with E-state index in [1.54, 1.807) is 69.3 Å². The van der Waals surface area contributed by atoms with Gasteiger partial charge in [-0.15, -0.1) is 0 Å². The normalized spacial score (nSPS) is 17.5. The quantitative estimate of drug-likeness (QED) is 0.346. The summed E-state index contributed by atoms with van der Waals surface area (Å²) in [7, 11) is 0. The molecule has 0 aliphatic heterocycles. The van der Waals surface area contributed by atoms with Gasteiger partial charge in [-0.25, -0.2) is 14.8 Å². The lowest BCUT2D eigenvalue weighted by molar-refractivity contribution is 0.0194. The number of hydrogen-bond acceptors (Lipinski definition) is 7. The van der Waals surface area contributed by atoms with Crippen LogP contribution in [0.4, 0.5) is 4.79 Å². The number of carbonyl (C=O) groups excluding carboxylic acids is 2. The third-order valence-corrected chi connectivity index (χ3v) is 6.43. The van der Waals surface area contributed by atoms with Gasteiger partial charge in [-0.05, 0) is 57.9 Å². The van der Waals surface area contributed by atoms with Crippen molar-refractivity contribution in [3.05, 3.63) is 64.3 Å². The maximum atomic E-state index is 13.5. The molecular formula is C28H29Cl2N3O5. The fourth-order valence-corrected chi connectivity index (χ4v) is 4.38. The molecule has 0 spiro atoms. The third kappa shape index (κ3) is 7.01. The van der Waals surface area contributed by atoms with Crippen LogP contribution in [0.1, 0.15) is 56.9 Å². The predicted octanol–water partition coefficient (Wildman–Crippen LogP) is 6.46. The average molecular weight is 558 g/mol. The molecule has 2 N–H and O–H groups in total. The maximum Gasteiger partial charge on any atom is 0.515 e. The van der Waals surface area contributed by atoms with E-state index in [4.69, 9.17) is 32.7 Å². The first-order chi connectivity index (χ1) is 18.0. The summed E-state index contributed by atoms with van der Waals surface area (Å²) in [6.45, 7) is 5.09. The second kappa shape index (κ2) is 11.7. The van der Waals surface area contributed by atoms with Gasteiger partial charge < -0.3 is 19.9 Å². The van der Waals surface area contributed by atoms with Gasteiger partial charge in [0.25, 0.3) is 11.8 Å². The fraction of sp³-hybridized carbons (Fsp3) is 0.357. The minimum atomic E-state index is -1.03. The van der Waals surface area contributed by atoms with Crippen molar-refractivity contribution < 1.29 is 24.2 Å². The highest BCUT2D eigenvalue weighted by atomic mass is 35.5. The van der Waals surface area contributed by atoms with Crippen molar-refractivity contribution in [2.24, 2.45) is 0 Å². The summed E-state index contributed by atoms with van der Waals surface area (Å²) in [5.41, 5.74) is 0.961. The summed E-state index contributed by atoms with van der Waals surface area (Å²) in [6, 6.07) is 13.4. The highest BCUT2D eigenvalue weighted by Gasteiger charge is 2.30. The lowest BCUT2D eigenvalue weighted by Gasteiger charge is -2.28. The second-order valence-corrected chi connectivity index (χ2v) is 11.0. The Kier molecular flexibility index (Phi) is 8.55. The molecule has 1 fully saturated rings. The van der Waals surface area contributed by atoms with Crippen LogP contribution < -0.4 is 10.1 Å². The number of aliphatic hydroxyl groups is 1. The topological polar surface area (TPSA) is 111 Å². The molecule has 38 heavy (non-hydrogen) atoms. The summed E-state index contributed by atoms with van der Waals surface area (Å²) in [4.78, 5) is 35.3. The number of amides is 1. The molecule has 1 saturated carbocycles. The standard InChI is InChI=1S/C28H29Cl2N3O5/c1-28(2,3)38-27(36)37-26-24(25(35)31-20-6-4-5-7-21(20)34)32-22(16-8-12-18(29)13-9-16)23(33-26)17-10-14-19(30)15-11-17/h8-15,20-21,34H,4-7H2,1-3H3,(H,31,35)/t20-,21+/m1/s1. The van der Waals surface area contributed by atoms with E-state index in [9.17, 15) is 14.7 Å². The Bertz CT molecular complexity index is 1310. The van der Waals surface area contributed by atoms with Crippen LogP contribution in [0.25, 0.3) is 22.5 Å². The van der Waals surface area contributed by atoms with Crippen molar-refractivity contribution in [3.63, 3.8) is 0 Å². The number of hydrogen-bond donors (Lipinski definition) is 2. The van der Waals surface area contributed by atoms with Gasteiger partial charge in [0.1, 0.15) is 11.3 Å². The number of nitrogens with zero attached hydrogens (tertiary/aromatic N) is 2. The minimum Gasteiger partial charge on any atom is -0.428 e. The van der Waals surface area contributed by atoms with Crippen LogP contribution in [0.15, 0.2) is 48.5 Å². The number of carbonyl (C=O) groups is 2. The number of benzene rings is 2. The largest absolute Gasteiger partial charge is 0.515 e.